The van der Waals surface area contributed by atoms with E-state index in [0.717, 1.165) is 23.1 Å². The second-order valence-electron chi connectivity index (χ2n) is 5.04. The number of aromatic amines is 1. The van der Waals surface area contributed by atoms with Crippen LogP contribution in [0, 0.1) is 0 Å². The molecule has 2 N–H and O–H groups in total. The zero-order chi connectivity index (χ0) is 14.7. The molecule has 0 unspecified atom stereocenters. The monoisotopic (exact) mass is 279 g/mol. The summed E-state index contributed by atoms with van der Waals surface area (Å²) in [6, 6.07) is 16.1. The Bertz CT molecular complexity index is 776. The van der Waals surface area contributed by atoms with Gasteiger partial charge in [-0.25, -0.2) is 0 Å². The van der Waals surface area contributed by atoms with Gasteiger partial charge < -0.3 is 5.32 Å². The summed E-state index contributed by atoms with van der Waals surface area (Å²) in [4.78, 5) is 12.1. The third-order valence-corrected chi connectivity index (χ3v) is 3.46. The molecule has 2 aromatic carbocycles. The van der Waals surface area contributed by atoms with Crippen LogP contribution >= 0.6 is 0 Å². The van der Waals surface area contributed by atoms with E-state index >= 15 is 0 Å². The SMILES string of the molecule is CCc1cc(NC(=O)Cc2ccc3ccccc3c2)n[nH]1. The van der Waals surface area contributed by atoms with Crippen molar-refractivity contribution in [1.29, 1.82) is 0 Å². The van der Waals surface area contributed by atoms with E-state index in [0.29, 0.717) is 12.2 Å². The van der Waals surface area contributed by atoms with Crippen LogP contribution in [0.4, 0.5) is 5.82 Å². The normalized spacial score (nSPS) is 10.7. The van der Waals surface area contributed by atoms with Crippen LogP contribution < -0.4 is 5.32 Å². The van der Waals surface area contributed by atoms with Gasteiger partial charge in [0.25, 0.3) is 0 Å². The van der Waals surface area contributed by atoms with Crippen LogP contribution in [0.3, 0.4) is 0 Å². The summed E-state index contributed by atoms with van der Waals surface area (Å²) in [5, 5.41) is 12.1. The molecule has 3 rings (SSSR count). The lowest BCUT2D eigenvalue weighted by Crippen LogP contribution is -2.14. The first kappa shape index (κ1) is 13.4. The number of fused-ring (bicyclic) bond motifs is 1. The van der Waals surface area contributed by atoms with Crippen molar-refractivity contribution in [2.75, 3.05) is 5.32 Å². The molecule has 4 heteroatoms. The minimum atomic E-state index is -0.0561. The van der Waals surface area contributed by atoms with Gasteiger partial charge in [-0.3, -0.25) is 9.89 Å². The summed E-state index contributed by atoms with van der Waals surface area (Å²) >= 11 is 0. The average Bonchev–Trinajstić information content (AvgIpc) is 2.94. The second kappa shape index (κ2) is 5.79. The number of carbonyl (C=O) groups excluding carboxylic acids is 1. The Balaban J connectivity index is 1.70. The Morgan fingerprint density at radius 1 is 1.14 bits per heavy atom. The molecule has 106 valence electrons. The Hall–Kier alpha value is -2.62. The minimum absolute atomic E-state index is 0.0561. The molecule has 0 aliphatic heterocycles. The zero-order valence-corrected chi connectivity index (χ0v) is 11.9. The van der Waals surface area contributed by atoms with Crippen molar-refractivity contribution in [1.82, 2.24) is 10.2 Å². The van der Waals surface area contributed by atoms with E-state index < -0.39 is 0 Å². The van der Waals surface area contributed by atoms with Crippen LogP contribution in [0.5, 0.6) is 0 Å². The highest BCUT2D eigenvalue weighted by molar-refractivity contribution is 5.92. The molecule has 1 aromatic heterocycles. The average molecular weight is 279 g/mol. The summed E-state index contributed by atoms with van der Waals surface area (Å²) in [5.74, 6) is 0.525. The Kier molecular flexibility index (Phi) is 3.69. The number of nitrogens with zero attached hydrogens (tertiary/aromatic N) is 1. The van der Waals surface area contributed by atoms with Gasteiger partial charge in [0.2, 0.25) is 5.91 Å². The van der Waals surface area contributed by atoms with Crippen molar-refractivity contribution >= 4 is 22.5 Å². The van der Waals surface area contributed by atoms with Crippen LogP contribution in [0.2, 0.25) is 0 Å². The first-order chi connectivity index (χ1) is 10.2. The fourth-order valence-corrected chi connectivity index (χ4v) is 2.33. The van der Waals surface area contributed by atoms with Gasteiger partial charge in [-0.15, -0.1) is 0 Å². The van der Waals surface area contributed by atoms with Crippen LogP contribution in [0.25, 0.3) is 10.8 Å². The molecular formula is C17H17N3O. The fourth-order valence-electron chi connectivity index (χ4n) is 2.33. The van der Waals surface area contributed by atoms with Gasteiger partial charge in [0.05, 0.1) is 6.42 Å². The number of nitrogens with one attached hydrogen (secondary N) is 2. The number of aromatic nitrogens is 2. The van der Waals surface area contributed by atoms with Crippen LogP contribution in [0.15, 0.2) is 48.5 Å². The van der Waals surface area contributed by atoms with Gasteiger partial charge in [0.15, 0.2) is 5.82 Å². The molecule has 1 amide bonds. The number of aryl methyl sites for hydroxylation is 1. The topological polar surface area (TPSA) is 57.8 Å². The zero-order valence-electron chi connectivity index (χ0n) is 11.9. The van der Waals surface area contributed by atoms with Gasteiger partial charge in [-0.05, 0) is 22.8 Å². The third kappa shape index (κ3) is 3.11. The quantitative estimate of drug-likeness (QED) is 0.769. The van der Waals surface area contributed by atoms with Gasteiger partial charge in [0, 0.05) is 11.8 Å². The number of benzene rings is 2. The highest BCUT2D eigenvalue weighted by Crippen LogP contribution is 2.16. The molecule has 0 aliphatic carbocycles. The maximum Gasteiger partial charge on any atom is 0.229 e. The predicted octanol–water partition coefficient (Wildman–Crippen LogP) is 3.31. The van der Waals surface area contributed by atoms with E-state index in [1.807, 2.05) is 37.3 Å². The molecule has 0 bridgehead atoms. The van der Waals surface area contributed by atoms with Crippen molar-refractivity contribution in [2.45, 2.75) is 19.8 Å². The Morgan fingerprint density at radius 2 is 1.95 bits per heavy atom. The summed E-state index contributed by atoms with van der Waals surface area (Å²) in [6.45, 7) is 2.04. The number of amides is 1. The summed E-state index contributed by atoms with van der Waals surface area (Å²) in [5.41, 5.74) is 2.01. The molecule has 0 spiro atoms. The molecule has 0 atom stereocenters. The van der Waals surface area contributed by atoms with Crippen molar-refractivity contribution in [2.24, 2.45) is 0 Å². The molecule has 21 heavy (non-hydrogen) atoms. The smallest absolute Gasteiger partial charge is 0.229 e. The Morgan fingerprint density at radius 3 is 2.71 bits per heavy atom. The maximum absolute atomic E-state index is 12.1. The first-order valence-electron chi connectivity index (χ1n) is 7.06. The Labute approximate surface area is 123 Å². The van der Waals surface area contributed by atoms with E-state index in [-0.39, 0.29) is 5.91 Å². The van der Waals surface area contributed by atoms with E-state index in [1.54, 1.807) is 0 Å². The highest BCUT2D eigenvalue weighted by Gasteiger charge is 2.07. The summed E-state index contributed by atoms with van der Waals surface area (Å²) < 4.78 is 0. The summed E-state index contributed by atoms with van der Waals surface area (Å²) in [6.07, 6.45) is 1.21. The van der Waals surface area contributed by atoms with Gasteiger partial charge >= 0.3 is 0 Å². The highest BCUT2D eigenvalue weighted by atomic mass is 16.1. The number of hydrogen-bond acceptors (Lipinski definition) is 2. The van der Waals surface area contributed by atoms with Gasteiger partial charge in [-0.2, -0.15) is 5.10 Å². The number of H-pyrrole nitrogens is 1. The van der Waals surface area contributed by atoms with E-state index in [2.05, 4.69) is 33.7 Å². The lowest BCUT2D eigenvalue weighted by Gasteiger charge is -2.04. The maximum atomic E-state index is 12.1. The molecular weight excluding hydrogens is 262 g/mol. The molecule has 4 nitrogen and oxygen atoms in total. The van der Waals surface area contributed by atoms with Crippen molar-refractivity contribution in [3.05, 3.63) is 59.8 Å². The molecule has 0 radical (unpaired) electrons. The summed E-state index contributed by atoms with van der Waals surface area (Å²) in [7, 11) is 0. The first-order valence-corrected chi connectivity index (χ1v) is 7.06. The molecule has 0 saturated heterocycles. The standard InChI is InChI=1S/C17H17N3O/c1-2-15-11-16(20-19-15)18-17(21)10-12-7-8-13-5-3-4-6-14(13)9-12/h3-9,11H,2,10H2,1H3,(H2,18,19,20,21). The predicted molar refractivity (Wildman–Crippen MR) is 84.2 cm³/mol. The van der Waals surface area contributed by atoms with Gasteiger partial charge in [-0.1, -0.05) is 49.4 Å². The van der Waals surface area contributed by atoms with Crippen LogP contribution in [-0.4, -0.2) is 16.1 Å². The second-order valence-corrected chi connectivity index (χ2v) is 5.04. The number of rotatable bonds is 4. The largest absolute Gasteiger partial charge is 0.309 e. The van der Waals surface area contributed by atoms with Crippen LogP contribution in [0.1, 0.15) is 18.2 Å². The number of anilines is 1. The minimum Gasteiger partial charge on any atom is -0.309 e. The van der Waals surface area contributed by atoms with Crippen molar-refractivity contribution < 1.29 is 4.79 Å². The van der Waals surface area contributed by atoms with E-state index in [4.69, 9.17) is 0 Å². The molecule has 3 aromatic rings. The number of carbonyl (C=O) groups is 1. The van der Waals surface area contributed by atoms with Crippen LogP contribution in [-0.2, 0) is 17.6 Å². The van der Waals surface area contributed by atoms with Gasteiger partial charge in [0.1, 0.15) is 0 Å². The molecule has 1 heterocycles. The van der Waals surface area contributed by atoms with E-state index in [1.165, 1.54) is 5.39 Å². The van der Waals surface area contributed by atoms with Crippen molar-refractivity contribution in [3.63, 3.8) is 0 Å². The molecule has 0 aliphatic rings. The molecule has 0 fully saturated rings. The number of hydrogen-bond donors (Lipinski definition) is 2. The fraction of sp³-hybridized carbons (Fsp3) is 0.176. The van der Waals surface area contributed by atoms with Crippen molar-refractivity contribution in [3.8, 4) is 0 Å². The lowest BCUT2D eigenvalue weighted by molar-refractivity contribution is -0.115. The third-order valence-electron chi connectivity index (χ3n) is 3.46. The lowest BCUT2D eigenvalue weighted by atomic mass is 10.1. The molecule has 0 saturated carbocycles. The van der Waals surface area contributed by atoms with E-state index in [9.17, 15) is 4.79 Å².